The highest BCUT2D eigenvalue weighted by atomic mass is 32.1. The van der Waals surface area contributed by atoms with E-state index in [4.69, 9.17) is 0 Å². The number of carbonyl (C=O) groups is 1. The van der Waals surface area contributed by atoms with E-state index < -0.39 is 0 Å². The number of amides is 1. The van der Waals surface area contributed by atoms with E-state index in [2.05, 4.69) is 33.7 Å². The molecule has 1 atom stereocenters. The van der Waals surface area contributed by atoms with Crippen LogP contribution in [0.3, 0.4) is 0 Å². The van der Waals surface area contributed by atoms with Gasteiger partial charge in [0.1, 0.15) is 5.52 Å². The SMILES string of the molecule is CCC[C@H](NC(=O)C1CCN(c2nc3cccnc3n(CC)c2=O)CC1)c1cccs1. The summed E-state index contributed by atoms with van der Waals surface area (Å²) in [6.07, 6.45) is 5.08. The monoisotopic (exact) mass is 439 g/mol. The Morgan fingerprint density at radius 1 is 1.26 bits per heavy atom. The summed E-state index contributed by atoms with van der Waals surface area (Å²) < 4.78 is 1.67. The second-order valence-electron chi connectivity index (χ2n) is 7.96. The fourth-order valence-electron chi connectivity index (χ4n) is 4.27. The van der Waals surface area contributed by atoms with Crippen LogP contribution in [0.4, 0.5) is 5.82 Å². The maximum Gasteiger partial charge on any atom is 0.295 e. The Kier molecular flexibility index (Phi) is 6.65. The van der Waals surface area contributed by atoms with E-state index in [1.165, 1.54) is 4.88 Å². The van der Waals surface area contributed by atoms with E-state index in [1.54, 1.807) is 22.1 Å². The predicted octanol–water partition coefficient (Wildman–Crippen LogP) is 3.75. The predicted molar refractivity (Wildman–Crippen MR) is 125 cm³/mol. The molecule has 0 bridgehead atoms. The quantitative estimate of drug-likeness (QED) is 0.607. The molecule has 0 spiro atoms. The number of nitrogens with zero attached hydrogens (tertiary/aromatic N) is 4. The van der Waals surface area contributed by atoms with Crippen molar-refractivity contribution in [3.63, 3.8) is 0 Å². The molecule has 0 radical (unpaired) electrons. The molecule has 1 N–H and O–H groups in total. The van der Waals surface area contributed by atoms with Crippen LogP contribution in [0.1, 0.15) is 50.4 Å². The number of anilines is 1. The van der Waals surface area contributed by atoms with Gasteiger partial charge in [-0.3, -0.25) is 14.2 Å². The number of piperidine rings is 1. The number of aromatic nitrogens is 3. The van der Waals surface area contributed by atoms with E-state index >= 15 is 0 Å². The zero-order chi connectivity index (χ0) is 21.8. The molecule has 1 amide bonds. The third-order valence-corrected chi connectivity index (χ3v) is 6.93. The van der Waals surface area contributed by atoms with E-state index in [-0.39, 0.29) is 23.4 Å². The minimum absolute atomic E-state index is 0.0360. The molecule has 1 aliphatic heterocycles. The summed E-state index contributed by atoms with van der Waals surface area (Å²) in [7, 11) is 0. The Morgan fingerprint density at radius 3 is 2.74 bits per heavy atom. The molecule has 0 aliphatic carbocycles. The Hall–Kier alpha value is -2.74. The first-order valence-corrected chi connectivity index (χ1v) is 11.9. The van der Waals surface area contributed by atoms with Crippen LogP contribution < -0.4 is 15.8 Å². The van der Waals surface area contributed by atoms with Gasteiger partial charge in [0.2, 0.25) is 5.91 Å². The van der Waals surface area contributed by atoms with Gasteiger partial charge in [-0.05, 0) is 49.8 Å². The van der Waals surface area contributed by atoms with Crippen LogP contribution in [0.25, 0.3) is 11.2 Å². The van der Waals surface area contributed by atoms with Crippen molar-refractivity contribution in [3.8, 4) is 0 Å². The fraction of sp³-hybridized carbons (Fsp3) is 0.478. The van der Waals surface area contributed by atoms with Gasteiger partial charge in [0, 0.05) is 36.6 Å². The highest BCUT2D eigenvalue weighted by molar-refractivity contribution is 7.10. The summed E-state index contributed by atoms with van der Waals surface area (Å²) in [5.74, 6) is 0.544. The van der Waals surface area contributed by atoms with Crippen molar-refractivity contribution in [1.82, 2.24) is 19.9 Å². The molecule has 8 heteroatoms. The third kappa shape index (κ3) is 4.49. The van der Waals surface area contributed by atoms with Crippen LogP contribution in [0, 0.1) is 5.92 Å². The fourth-order valence-corrected chi connectivity index (χ4v) is 5.08. The Labute approximate surface area is 186 Å². The maximum atomic E-state index is 13.0. The van der Waals surface area contributed by atoms with Gasteiger partial charge in [0.15, 0.2) is 11.5 Å². The van der Waals surface area contributed by atoms with Crippen molar-refractivity contribution in [2.24, 2.45) is 5.92 Å². The topological polar surface area (TPSA) is 80.1 Å². The van der Waals surface area contributed by atoms with Gasteiger partial charge in [0.25, 0.3) is 5.56 Å². The molecule has 7 nitrogen and oxygen atoms in total. The lowest BCUT2D eigenvalue weighted by atomic mass is 9.95. The Bertz CT molecular complexity index is 1090. The summed E-state index contributed by atoms with van der Waals surface area (Å²) in [6, 6.07) is 7.92. The number of hydrogen-bond acceptors (Lipinski definition) is 6. The smallest absolute Gasteiger partial charge is 0.295 e. The summed E-state index contributed by atoms with van der Waals surface area (Å²) >= 11 is 1.69. The summed E-state index contributed by atoms with van der Waals surface area (Å²) in [4.78, 5) is 38.1. The molecule has 1 aliphatic rings. The van der Waals surface area contributed by atoms with Crippen molar-refractivity contribution >= 4 is 34.2 Å². The number of nitrogens with one attached hydrogen (secondary N) is 1. The minimum atomic E-state index is -0.114. The van der Waals surface area contributed by atoms with Gasteiger partial charge < -0.3 is 10.2 Å². The van der Waals surface area contributed by atoms with Crippen LogP contribution in [0.15, 0.2) is 40.6 Å². The summed E-state index contributed by atoms with van der Waals surface area (Å²) in [5, 5.41) is 5.32. The number of rotatable bonds is 7. The number of pyridine rings is 1. The summed E-state index contributed by atoms with van der Waals surface area (Å²) in [6.45, 7) is 5.92. The number of thiophene rings is 1. The number of carbonyl (C=O) groups excluding carboxylic acids is 1. The average molecular weight is 440 g/mol. The van der Waals surface area contributed by atoms with Gasteiger partial charge in [0.05, 0.1) is 6.04 Å². The zero-order valence-electron chi connectivity index (χ0n) is 18.1. The number of aryl methyl sites for hydroxylation is 1. The van der Waals surface area contributed by atoms with Crippen molar-refractivity contribution in [2.45, 2.75) is 52.1 Å². The lowest BCUT2D eigenvalue weighted by Crippen LogP contribution is -2.44. The Balaban J connectivity index is 1.46. The average Bonchev–Trinajstić information content (AvgIpc) is 3.33. The lowest BCUT2D eigenvalue weighted by Gasteiger charge is -2.32. The van der Waals surface area contributed by atoms with Crippen LogP contribution in [-0.4, -0.2) is 33.5 Å². The highest BCUT2D eigenvalue weighted by Crippen LogP contribution is 2.26. The number of hydrogen-bond donors (Lipinski definition) is 1. The number of fused-ring (bicyclic) bond motifs is 1. The molecule has 3 aromatic rings. The molecule has 1 fully saturated rings. The van der Waals surface area contributed by atoms with Gasteiger partial charge in [-0.25, -0.2) is 9.97 Å². The summed E-state index contributed by atoms with van der Waals surface area (Å²) in [5.41, 5.74) is 1.22. The molecular formula is C23H29N5O2S. The molecule has 164 valence electrons. The zero-order valence-corrected chi connectivity index (χ0v) is 18.9. The van der Waals surface area contributed by atoms with Crippen molar-refractivity contribution in [1.29, 1.82) is 0 Å². The molecule has 1 saturated heterocycles. The third-order valence-electron chi connectivity index (χ3n) is 5.95. The van der Waals surface area contributed by atoms with Crippen LogP contribution in [0.2, 0.25) is 0 Å². The second kappa shape index (κ2) is 9.60. The first-order valence-electron chi connectivity index (χ1n) is 11.1. The van der Waals surface area contributed by atoms with Crippen LogP contribution in [0.5, 0.6) is 0 Å². The maximum absolute atomic E-state index is 13.0. The van der Waals surface area contributed by atoms with Gasteiger partial charge in [-0.1, -0.05) is 19.4 Å². The molecular weight excluding hydrogens is 410 g/mol. The van der Waals surface area contributed by atoms with E-state index in [0.29, 0.717) is 43.9 Å². The largest absolute Gasteiger partial charge is 0.352 e. The normalized spacial score (nSPS) is 15.9. The van der Waals surface area contributed by atoms with Gasteiger partial charge in [-0.2, -0.15) is 0 Å². The Morgan fingerprint density at radius 2 is 2.06 bits per heavy atom. The first kappa shape index (κ1) is 21.5. The molecule has 4 heterocycles. The molecule has 31 heavy (non-hydrogen) atoms. The van der Waals surface area contributed by atoms with E-state index in [1.807, 2.05) is 30.0 Å². The van der Waals surface area contributed by atoms with Gasteiger partial charge >= 0.3 is 0 Å². The second-order valence-corrected chi connectivity index (χ2v) is 8.94. The van der Waals surface area contributed by atoms with Gasteiger partial charge in [-0.15, -0.1) is 11.3 Å². The molecule has 0 saturated carbocycles. The minimum Gasteiger partial charge on any atom is -0.352 e. The highest BCUT2D eigenvalue weighted by Gasteiger charge is 2.29. The molecule has 4 rings (SSSR count). The van der Waals surface area contributed by atoms with Crippen molar-refractivity contribution in [2.75, 3.05) is 18.0 Å². The molecule has 0 unspecified atom stereocenters. The van der Waals surface area contributed by atoms with E-state index in [9.17, 15) is 9.59 Å². The van der Waals surface area contributed by atoms with Crippen LogP contribution in [-0.2, 0) is 11.3 Å². The lowest BCUT2D eigenvalue weighted by molar-refractivity contribution is -0.126. The molecule has 0 aromatic carbocycles. The standard InChI is InChI=1S/C23H29N5O2S/c1-3-7-17(19-9-6-15-31-19)26-22(29)16-10-13-27(14-11-16)21-23(30)28(4-2)20-18(25-21)8-5-12-24-20/h5-6,8-9,12,15-17H,3-4,7,10-11,13-14H2,1-2H3,(H,26,29)/t17-/m0/s1. The van der Waals surface area contributed by atoms with Crippen molar-refractivity contribution in [3.05, 3.63) is 51.1 Å². The van der Waals surface area contributed by atoms with Crippen LogP contribution >= 0.6 is 11.3 Å². The molecule has 3 aromatic heterocycles. The van der Waals surface area contributed by atoms with Crippen molar-refractivity contribution < 1.29 is 4.79 Å². The van der Waals surface area contributed by atoms with E-state index in [0.717, 1.165) is 18.4 Å². The first-order chi connectivity index (χ1) is 15.1.